The summed E-state index contributed by atoms with van der Waals surface area (Å²) in [6, 6.07) is 9.37. The fourth-order valence-corrected chi connectivity index (χ4v) is 3.73. The smallest absolute Gasteiger partial charge is 0.0407 e. The van der Waals surface area contributed by atoms with Crippen LogP contribution in [0, 0.1) is 0 Å². The Morgan fingerprint density at radius 1 is 1.47 bits per heavy atom. The Morgan fingerprint density at radius 3 is 2.93 bits per heavy atom. The average Bonchev–Trinajstić information content (AvgIpc) is 2.81. The van der Waals surface area contributed by atoms with Crippen molar-refractivity contribution in [2.45, 2.75) is 17.8 Å². The maximum Gasteiger partial charge on any atom is 0.0407 e. The monoisotopic (exact) mass is 285 g/mol. The normalized spacial score (nSPS) is 20.5. The van der Waals surface area contributed by atoms with Crippen molar-refractivity contribution >= 4 is 33.4 Å². The maximum absolute atomic E-state index is 3.55. The molecule has 0 bridgehead atoms. The van der Waals surface area contributed by atoms with Gasteiger partial charge in [-0.3, -0.25) is 0 Å². The van der Waals surface area contributed by atoms with Gasteiger partial charge in [-0.2, -0.15) is 11.8 Å². The van der Waals surface area contributed by atoms with E-state index in [9.17, 15) is 0 Å². The van der Waals surface area contributed by atoms with Crippen molar-refractivity contribution in [2.24, 2.45) is 0 Å². The number of halogens is 1. The number of hydrogen-bond acceptors (Lipinski definition) is 2. The van der Waals surface area contributed by atoms with Gasteiger partial charge >= 0.3 is 0 Å². The molecular formula is C12H16BrNS. The van der Waals surface area contributed by atoms with Gasteiger partial charge in [-0.15, -0.1) is 0 Å². The first-order valence-electron chi connectivity index (χ1n) is 5.27. The quantitative estimate of drug-likeness (QED) is 0.782. The van der Waals surface area contributed by atoms with E-state index in [0.717, 1.165) is 11.4 Å². The van der Waals surface area contributed by atoms with Crippen LogP contribution in [-0.2, 0) is 5.33 Å². The van der Waals surface area contributed by atoms with Gasteiger partial charge in [0.05, 0.1) is 0 Å². The van der Waals surface area contributed by atoms with E-state index >= 15 is 0 Å². The molecule has 1 heterocycles. The maximum atomic E-state index is 3.55. The van der Waals surface area contributed by atoms with Gasteiger partial charge < -0.3 is 4.90 Å². The minimum atomic E-state index is 0.718. The topological polar surface area (TPSA) is 3.24 Å². The number of para-hydroxylation sites is 1. The summed E-state index contributed by atoms with van der Waals surface area (Å²) in [7, 11) is 2.22. The van der Waals surface area contributed by atoms with Crippen molar-refractivity contribution in [2.75, 3.05) is 23.5 Å². The Hall–Kier alpha value is -0.150. The molecule has 82 valence electrons. The fourth-order valence-electron chi connectivity index (χ4n) is 1.99. The van der Waals surface area contributed by atoms with Gasteiger partial charge in [0, 0.05) is 29.9 Å². The van der Waals surface area contributed by atoms with Crippen LogP contribution in [0.25, 0.3) is 0 Å². The van der Waals surface area contributed by atoms with Crippen molar-refractivity contribution in [3.05, 3.63) is 29.8 Å². The highest BCUT2D eigenvalue weighted by molar-refractivity contribution is 9.08. The van der Waals surface area contributed by atoms with Crippen LogP contribution in [0.1, 0.15) is 12.0 Å². The van der Waals surface area contributed by atoms with Crippen LogP contribution >= 0.6 is 27.7 Å². The highest BCUT2D eigenvalue weighted by atomic mass is 79.9. The molecule has 1 aromatic carbocycles. The molecule has 1 saturated heterocycles. The predicted octanol–water partition coefficient (Wildman–Crippen LogP) is 3.52. The minimum Gasteiger partial charge on any atom is -0.371 e. The number of alkyl halides is 1. The molecule has 15 heavy (non-hydrogen) atoms. The zero-order chi connectivity index (χ0) is 10.7. The third-order valence-corrected chi connectivity index (χ3v) is 4.72. The molecule has 0 amide bonds. The lowest BCUT2D eigenvalue weighted by Gasteiger charge is -2.27. The van der Waals surface area contributed by atoms with Crippen LogP contribution in [0.3, 0.4) is 0 Å². The lowest BCUT2D eigenvalue weighted by molar-refractivity contribution is 0.698. The molecule has 1 atom stereocenters. The Morgan fingerprint density at radius 2 is 2.27 bits per heavy atom. The Balaban J connectivity index is 2.19. The number of hydrogen-bond donors (Lipinski definition) is 0. The third-order valence-electron chi connectivity index (χ3n) is 2.97. The second kappa shape index (κ2) is 5.26. The van der Waals surface area contributed by atoms with E-state index in [2.05, 4.69) is 63.9 Å². The first-order valence-corrected chi connectivity index (χ1v) is 7.55. The number of benzene rings is 1. The second-order valence-electron chi connectivity index (χ2n) is 3.89. The molecule has 1 nitrogen and oxygen atoms in total. The molecule has 1 aliphatic heterocycles. The van der Waals surface area contributed by atoms with E-state index in [-0.39, 0.29) is 0 Å². The first kappa shape index (κ1) is 11.3. The summed E-state index contributed by atoms with van der Waals surface area (Å²) in [6.07, 6.45) is 1.32. The molecule has 0 N–H and O–H groups in total. The van der Waals surface area contributed by atoms with Crippen molar-refractivity contribution in [3.8, 4) is 0 Å². The molecule has 0 aliphatic carbocycles. The van der Waals surface area contributed by atoms with E-state index in [0.29, 0.717) is 0 Å². The zero-order valence-electron chi connectivity index (χ0n) is 8.95. The summed E-state index contributed by atoms with van der Waals surface area (Å²) in [5.74, 6) is 2.58. The predicted molar refractivity (Wildman–Crippen MR) is 73.2 cm³/mol. The molecule has 0 aromatic heterocycles. The summed E-state index contributed by atoms with van der Waals surface area (Å²) >= 11 is 5.62. The fraction of sp³-hybridized carbons (Fsp3) is 0.500. The van der Waals surface area contributed by atoms with Gasteiger partial charge in [0.2, 0.25) is 0 Å². The van der Waals surface area contributed by atoms with Crippen LogP contribution in [0.2, 0.25) is 0 Å². The van der Waals surface area contributed by atoms with E-state index < -0.39 is 0 Å². The molecule has 0 spiro atoms. The molecule has 1 fully saturated rings. The third kappa shape index (κ3) is 2.51. The van der Waals surface area contributed by atoms with Crippen LogP contribution in [0.15, 0.2) is 24.3 Å². The summed E-state index contributed by atoms with van der Waals surface area (Å²) in [6.45, 7) is 0. The van der Waals surface area contributed by atoms with Crippen LogP contribution in [0.5, 0.6) is 0 Å². The van der Waals surface area contributed by atoms with Gasteiger partial charge in [0.25, 0.3) is 0 Å². The number of nitrogens with zero attached hydrogens (tertiary/aromatic N) is 1. The molecule has 0 radical (unpaired) electrons. The summed E-state index contributed by atoms with van der Waals surface area (Å²) in [5, 5.41) is 0.938. The molecular weight excluding hydrogens is 270 g/mol. The van der Waals surface area contributed by atoms with Crippen molar-refractivity contribution in [1.82, 2.24) is 0 Å². The molecule has 1 unspecified atom stereocenters. The lowest BCUT2D eigenvalue weighted by atomic mass is 10.1. The summed E-state index contributed by atoms with van der Waals surface area (Å²) in [5.41, 5.74) is 2.76. The minimum absolute atomic E-state index is 0.718. The SMILES string of the molecule is CN(c1ccccc1CBr)C1CCSC1. The van der Waals surface area contributed by atoms with Gasteiger partial charge in [-0.1, -0.05) is 34.1 Å². The molecule has 1 aromatic rings. The van der Waals surface area contributed by atoms with E-state index in [4.69, 9.17) is 0 Å². The van der Waals surface area contributed by atoms with Crippen molar-refractivity contribution in [1.29, 1.82) is 0 Å². The standard InChI is InChI=1S/C12H16BrNS/c1-14(11-6-7-15-9-11)12-5-3-2-4-10(12)8-13/h2-5,11H,6-9H2,1H3. The molecule has 2 rings (SSSR count). The van der Waals surface area contributed by atoms with E-state index in [1.807, 2.05) is 0 Å². The summed E-state index contributed by atoms with van der Waals surface area (Å²) < 4.78 is 0. The van der Waals surface area contributed by atoms with Gasteiger partial charge in [0.1, 0.15) is 0 Å². The number of thioether (sulfide) groups is 1. The van der Waals surface area contributed by atoms with E-state index in [1.165, 1.54) is 29.2 Å². The Labute approximate surface area is 104 Å². The number of rotatable bonds is 3. The van der Waals surface area contributed by atoms with Crippen molar-refractivity contribution in [3.63, 3.8) is 0 Å². The largest absolute Gasteiger partial charge is 0.371 e. The van der Waals surface area contributed by atoms with Crippen LogP contribution in [0.4, 0.5) is 5.69 Å². The highest BCUT2D eigenvalue weighted by Gasteiger charge is 2.21. The van der Waals surface area contributed by atoms with Gasteiger partial charge in [0.15, 0.2) is 0 Å². The average molecular weight is 286 g/mol. The zero-order valence-corrected chi connectivity index (χ0v) is 11.4. The summed E-state index contributed by atoms with van der Waals surface area (Å²) in [4.78, 5) is 2.44. The first-order chi connectivity index (χ1) is 7.33. The lowest BCUT2D eigenvalue weighted by Crippen LogP contribution is -2.31. The Kier molecular flexibility index (Phi) is 3.98. The second-order valence-corrected chi connectivity index (χ2v) is 5.60. The van der Waals surface area contributed by atoms with Crippen molar-refractivity contribution < 1.29 is 0 Å². The highest BCUT2D eigenvalue weighted by Crippen LogP contribution is 2.28. The number of anilines is 1. The van der Waals surface area contributed by atoms with Gasteiger partial charge in [-0.25, -0.2) is 0 Å². The van der Waals surface area contributed by atoms with Crippen LogP contribution < -0.4 is 4.90 Å². The Bertz CT molecular complexity index is 323. The molecule has 1 aliphatic rings. The molecule has 3 heteroatoms. The van der Waals surface area contributed by atoms with Gasteiger partial charge in [-0.05, 0) is 23.8 Å². The van der Waals surface area contributed by atoms with Crippen LogP contribution in [-0.4, -0.2) is 24.6 Å². The molecule has 0 saturated carbocycles. The van der Waals surface area contributed by atoms with E-state index in [1.54, 1.807) is 0 Å².